The molecule has 3 unspecified atom stereocenters. The third-order valence-electron chi connectivity index (χ3n) is 4.92. The highest BCUT2D eigenvalue weighted by atomic mass is 15.2. The first kappa shape index (κ1) is 16.5. The fraction of sp³-hybridized carbons (Fsp3) is 0.824. The average Bonchev–Trinajstić information content (AvgIpc) is 2.84. The summed E-state index contributed by atoms with van der Waals surface area (Å²) >= 11 is 0. The molecule has 0 aliphatic heterocycles. The van der Waals surface area contributed by atoms with Gasteiger partial charge in [0.25, 0.3) is 0 Å². The van der Waals surface area contributed by atoms with E-state index in [-0.39, 0.29) is 0 Å². The van der Waals surface area contributed by atoms with Crippen molar-refractivity contribution >= 4 is 0 Å². The molecule has 0 amide bonds. The SMILES string of the molecule is CCCC1CCC(NC)C(CN(C)Cc2cnn(C)c2)C1. The van der Waals surface area contributed by atoms with E-state index in [0.29, 0.717) is 6.04 Å². The van der Waals surface area contributed by atoms with Crippen LogP contribution in [0.5, 0.6) is 0 Å². The maximum absolute atomic E-state index is 4.26. The lowest BCUT2D eigenvalue weighted by Gasteiger charge is -2.38. The Kier molecular flexibility index (Phi) is 6.24. The maximum Gasteiger partial charge on any atom is 0.0534 e. The highest BCUT2D eigenvalue weighted by molar-refractivity contribution is 5.03. The smallest absolute Gasteiger partial charge is 0.0534 e. The van der Waals surface area contributed by atoms with Crippen LogP contribution < -0.4 is 5.32 Å². The van der Waals surface area contributed by atoms with Crippen LogP contribution in [0.15, 0.2) is 12.4 Å². The van der Waals surface area contributed by atoms with Crippen LogP contribution in [0.3, 0.4) is 0 Å². The lowest BCUT2D eigenvalue weighted by atomic mass is 9.76. The quantitative estimate of drug-likeness (QED) is 0.839. The highest BCUT2D eigenvalue weighted by Crippen LogP contribution is 2.32. The number of aryl methyl sites for hydroxylation is 1. The lowest BCUT2D eigenvalue weighted by Crippen LogP contribution is -2.43. The first-order chi connectivity index (χ1) is 10.1. The van der Waals surface area contributed by atoms with E-state index in [9.17, 15) is 0 Å². The van der Waals surface area contributed by atoms with E-state index < -0.39 is 0 Å². The van der Waals surface area contributed by atoms with Gasteiger partial charge in [-0.1, -0.05) is 19.8 Å². The topological polar surface area (TPSA) is 33.1 Å². The summed E-state index contributed by atoms with van der Waals surface area (Å²) in [5.41, 5.74) is 1.31. The normalized spacial score (nSPS) is 26.4. The molecule has 21 heavy (non-hydrogen) atoms. The van der Waals surface area contributed by atoms with E-state index in [2.05, 4.69) is 42.5 Å². The molecule has 1 aromatic rings. The first-order valence-corrected chi connectivity index (χ1v) is 8.45. The zero-order chi connectivity index (χ0) is 15.2. The second-order valence-corrected chi connectivity index (χ2v) is 6.84. The molecule has 1 saturated carbocycles. The average molecular weight is 292 g/mol. The number of nitrogens with one attached hydrogen (secondary N) is 1. The Morgan fingerprint density at radius 3 is 2.86 bits per heavy atom. The van der Waals surface area contributed by atoms with Gasteiger partial charge in [-0.3, -0.25) is 4.68 Å². The molecule has 1 aliphatic rings. The zero-order valence-electron chi connectivity index (χ0n) is 14.2. The molecule has 2 rings (SSSR count). The van der Waals surface area contributed by atoms with Crippen LogP contribution in [0.2, 0.25) is 0 Å². The molecule has 1 aromatic heterocycles. The van der Waals surface area contributed by atoms with Crippen molar-refractivity contribution in [3.8, 4) is 0 Å². The van der Waals surface area contributed by atoms with Gasteiger partial charge in [-0.25, -0.2) is 0 Å². The van der Waals surface area contributed by atoms with Gasteiger partial charge in [-0.2, -0.15) is 5.10 Å². The molecule has 0 aromatic carbocycles. The largest absolute Gasteiger partial charge is 0.317 e. The van der Waals surface area contributed by atoms with Crippen LogP contribution in [0, 0.1) is 11.8 Å². The molecule has 4 heteroatoms. The van der Waals surface area contributed by atoms with Crippen molar-refractivity contribution in [3.63, 3.8) is 0 Å². The number of hydrogen-bond donors (Lipinski definition) is 1. The molecular formula is C17H32N4. The van der Waals surface area contributed by atoms with Gasteiger partial charge in [0.05, 0.1) is 6.20 Å². The lowest BCUT2D eigenvalue weighted by molar-refractivity contribution is 0.151. The molecule has 3 atom stereocenters. The number of rotatable bonds is 7. The van der Waals surface area contributed by atoms with Crippen LogP contribution >= 0.6 is 0 Å². The van der Waals surface area contributed by atoms with E-state index in [0.717, 1.165) is 18.4 Å². The summed E-state index contributed by atoms with van der Waals surface area (Å²) in [6.07, 6.45) is 11.0. The summed E-state index contributed by atoms with van der Waals surface area (Å²) in [6.45, 7) is 4.49. The summed E-state index contributed by atoms with van der Waals surface area (Å²) in [7, 11) is 6.35. The van der Waals surface area contributed by atoms with Gasteiger partial charge in [0, 0.05) is 37.9 Å². The van der Waals surface area contributed by atoms with Crippen LogP contribution in [0.1, 0.15) is 44.6 Å². The Labute approximate surface area is 129 Å². The van der Waals surface area contributed by atoms with E-state index in [1.165, 1.54) is 44.2 Å². The molecule has 0 spiro atoms. The van der Waals surface area contributed by atoms with Crippen molar-refractivity contribution in [2.24, 2.45) is 18.9 Å². The molecule has 0 radical (unpaired) electrons. The Bertz CT molecular complexity index is 415. The van der Waals surface area contributed by atoms with Gasteiger partial charge in [0.2, 0.25) is 0 Å². The van der Waals surface area contributed by atoms with Gasteiger partial charge in [-0.15, -0.1) is 0 Å². The monoisotopic (exact) mass is 292 g/mol. The van der Waals surface area contributed by atoms with Crippen molar-refractivity contribution in [2.75, 3.05) is 20.6 Å². The second-order valence-electron chi connectivity index (χ2n) is 6.84. The summed E-state index contributed by atoms with van der Waals surface area (Å²) in [6, 6.07) is 0.689. The first-order valence-electron chi connectivity index (χ1n) is 8.45. The van der Waals surface area contributed by atoms with Crippen molar-refractivity contribution in [1.82, 2.24) is 20.0 Å². The van der Waals surface area contributed by atoms with Gasteiger partial charge in [0.15, 0.2) is 0 Å². The van der Waals surface area contributed by atoms with Crippen molar-refractivity contribution in [3.05, 3.63) is 18.0 Å². The number of hydrogen-bond acceptors (Lipinski definition) is 3. The van der Waals surface area contributed by atoms with E-state index >= 15 is 0 Å². The third kappa shape index (κ3) is 4.82. The van der Waals surface area contributed by atoms with Crippen LogP contribution in [0.4, 0.5) is 0 Å². The minimum Gasteiger partial charge on any atom is -0.317 e. The minimum atomic E-state index is 0.689. The van der Waals surface area contributed by atoms with E-state index in [1.54, 1.807) is 0 Å². The Morgan fingerprint density at radius 1 is 1.43 bits per heavy atom. The number of aromatic nitrogens is 2. The number of nitrogens with zero attached hydrogens (tertiary/aromatic N) is 3. The van der Waals surface area contributed by atoms with Gasteiger partial charge < -0.3 is 10.2 Å². The summed E-state index contributed by atoms with van der Waals surface area (Å²) in [5.74, 6) is 1.72. The molecule has 1 N–H and O–H groups in total. The molecule has 1 heterocycles. The fourth-order valence-corrected chi connectivity index (χ4v) is 3.94. The standard InChI is InChI=1S/C17H32N4/c1-5-6-14-7-8-17(18-2)16(9-14)13-20(3)11-15-10-19-21(4)12-15/h10,12,14,16-18H,5-9,11,13H2,1-4H3. The van der Waals surface area contributed by atoms with Gasteiger partial charge in [0.1, 0.15) is 0 Å². The van der Waals surface area contributed by atoms with Crippen molar-refractivity contribution < 1.29 is 0 Å². The van der Waals surface area contributed by atoms with Crippen LogP contribution in [0.25, 0.3) is 0 Å². The maximum atomic E-state index is 4.26. The highest BCUT2D eigenvalue weighted by Gasteiger charge is 2.29. The fourth-order valence-electron chi connectivity index (χ4n) is 3.94. The molecule has 120 valence electrons. The Balaban J connectivity index is 1.88. The third-order valence-corrected chi connectivity index (χ3v) is 4.92. The second kappa shape index (κ2) is 7.95. The molecule has 1 aliphatic carbocycles. The Morgan fingerprint density at radius 2 is 2.24 bits per heavy atom. The summed E-state index contributed by atoms with van der Waals surface area (Å²) in [5, 5.41) is 7.81. The predicted octanol–water partition coefficient (Wildman–Crippen LogP) is 2.66. The van der Waals surface area contributed by atoms with Gasteiger partial charge >= 0.3 is 0 Å². The molecular weight excluding hydrogens is 260 g/mol. The molecule has 0 bridgehead atoms. The van der Waals surface area contributed by atoms with E-state index in [1.807, 2.05) is 17.9 Å². The van der Waals surface area contributed by atoms with Crippen molar-refractivity contribution in [2.45, 2.75) is 51.6 Å². The van der Waals surface area contributed by atoms with Crippen LogP contribution in [-0.4, -0.2) is 41.4 Å². The minimum absolute atomic E-state index is 0.689. The van der Waals surface area contributed by atoms with Crippen LogP contribution in [-0.2, 0) is 13.6 Å². The molecule has 4 nitrogen and oxygen atoms in total. The molecule has 1 fully saturated rings. The summed E-state index contributed by atoms with van der Waals surface area (Å²) < 4.78 is 1.89. The zero-order valence-corrected chi connectivity index (χ0v) is 14.2. The van der Waals surface area contributed by atoms with Crippen molar-refractivity contribution in [1.29, 1.82) is 0 Å². The molecule has 0 saturated heterocycles. The van der Waals surface area contributed by atoms with E-state index in [4.69, 9.17) is 0 Å². The Hall–Kier alpha value is -0.870. The van der Waals surface area contributed by atoms with Gasteiger partial charge in [-0.05, 0) is 45.2 Å². The predicted molar refractivity (Wildman–Crippen MR) is 88.1 cm³/mol. The summed E-state index contributed by atoms with van der Waals surface area (Å²) in [4.78, 5) is 2.46.